The number of carbonyl (C=O) groups excluding carboxylic acids is 2. The Morgan fingerprint density at radius 2 is 2.24 bits per heavy atom. The van der Waals surface area contributed by atoms with E-state index in [1.165, 1.54) is 23.3 Å². The summed E-state index contributed by atoms with van der Waals surface area (Å²) in [5, 5.41) is 11.0. The van der Waals surface area contributed by atoms with E-state index in [1.807, 2.05) is 0 Å². The molecule has 0 saturated carbocycles. The molecule has 6 heteroatoms. The van der Waals surface area contributed by atoms with Gasteiger partial charge in [-0.1, -0.05) is 21.9 Å². The van der Waals surface area contributed by atoms with Gasteiger partial charge in [-0.2, -0.15) is 0 Å². The summed E-state index contributed by atoms with van der Waals surface area (Å²) in [4.78, 5) is 26.3. The van der Waals surface area contributed by atoms with Crippen molar-refractivity contribution in [2.75, 3.05) is 11.4 Å². The lowest BCUT2D eigenvalue weighted by Gasteiger charge is -2.21. The maximum Gasteiger partial charge on any atom is 0.265 e. The molecule has 1 aliphatic heterocycles. The molecule has 0 unspecified atom stereocenters. The first kappa shape index (κ1) is 17.2. The van der Waals surface area contributed by atoms with E-state index in [0.717, 1.165) is 0 Å². The van der Waals surface area contributed by atoms with E-state index in [9.17, 15) is 14.7 Å². The van der Waals surface area contributed by atoms with E-state index in [2.05, 4.69) is 21.9 Å². The maximum absolute atomic E-state index is 12.7. The lowest BCUT2D eigenvalue weighted by molar-refractivity contribution is -0.140. The number of carbonyl (C=O) groups is 2. The summed E-state index contributed by atoms with van der Waals surface area (Å²) < 4.78 is 5.81. The highest BCUT2D eigenvalue weighted by Gasteiger charge is 2.50. The third-order valence-corrected chi connectivity index (χ3v) is 4.44. The topological polar surface area (TPSA) is 70.8 Å². The molecule has 1 amide bonds. The molecule has 25 heavy (non-hydrogen) atoms. The summed E-state index contributed by atoms with van der Waals surface area (Å²) in [7, 11) is 0. The number of rotatable bonds is 5. The van der Waals surface area contributed by atoms with Crippen molar-refractivity contribution < 1.29 is 19.1 Å². The first-order chi connectivity index (χ1) is 12.0. The summed E-state index contributed by atoms with van der Waals surface area (Å²) in [6.07, 6.45) is 9.21. The summed E-state index contributed by atoms with van der Waals surface area (Å²) in [6, 6.07) is 8.47. The Kier molecular flexibility index (Phi) is 4.62. The Morgan fingerprint density at radius 3 is 2.92 bits per heavy atom. The standard InChI is InChI=1S/C19H14BrNO4/c1-2-9-21-17-8-5-13(20)11-16(17)19(24,18(21)23)12-14(22)6-7-15-4-3-10-25-15/h1,3-8,10-11,24H,9,12H2/b7-6-/t19-/m0/s1. The van der Waals surface area contributed by atoms with E-state index >= 15 is 0 Å². The van der Waals surface area contributed by atoms with Crippen molar-refractivity contribution in [2.24, 2.45) is 0 Å². The third-order valence-electron chi connectivity index (χ3n) is 3.95. The summed E-state index contributed by atoms with van der Waals surface area (Å²) in [6.45, 7) is 0.0200. The molecule has 0 radical (unpaired) electrons. The van der Waals surface area contributed by atoms with Gasteiger partial charge in [0.05, 0.1) is 24.9 Å². The highest BCUT2D eigenvalue weighted by Crippen LogP contribution is 2.43. The minimum atomic E-state index is -1.94. The average molecular weight is 400 g/mol. The molecular weight excluding hydrogens is 386 g/mol. The summed E-state index contributed by atoms with van der Waals surface area (Å²) >= 11 is 3.33. The van der Waals surface area contributed by atoms with Gasteiger partial charge in [-0.15, -0.1) is 6.42 Å². The molecule has 5 nitrogen and oxygen atoms in total. The predicted octanol–water partition coefficient (Wildman–Crippen LogP) is 2.88. The Labute approximate surface area is 153 Å². The van der Waals surface area contributed by atoms with Crippen LogP contribution in [0, 0.1) is 12.3 Å². The van der Waals surface area contributed by atoms with Crippen molar-refractivity contribution >= 4 is 39.4 Å². The van der Waals surface area contributed by atoms with Gasteiger partial charge in [-0.25, -0.2) is 0 Å². The first-order valence-electron chi connectivity index (χ1n) is 7.48. The fourth-order valence-electron chi connectivity index (χ4n) is 2.81. The fraction of sp³-hybridized carbons (Fsp3) is 0.158. The quantitative estimate of drug-likeness (QED) is 0.619. The number of nitrogens with zero attached hydrogens (tertiary/aromatic N) is 1. The van der Waals surface area contributed by atoms with E-state index in [4.69, 9.17) is 10.8 Å². The second kappa shape index (κ2) is 6.71. The number of hydrogen-bond donors (Lipinski definition) is 1. The van der Waals surface area contributed by atoms with Crippen LogP contribution >= 0.6 is 15.9 Å². The van der Waals surface area contributed by atoms with Crippen molar-refractivity contribution in [3.8, 4) is 12.3 Å². The second-order valence-electron chi connectivity index (χ2n) is 5.61. The zero-order chi connectivity index (χ0) is 18.0. The van der Waals surface area contributed by atoms with Gasteiger partial charge < -0.3 is 9.52 Å². The minimum absolute atomic E-state index is 0.0200. The molecule has 0 aliphatic carbocycles. The van der Waals surface area contributed by atoms with Gasteiger partial charge in [0.15, 0.2) is 11.4 Å². The van der Waals surface area contributed by atoms with Crippen molar-refractivity contribution in [1.29, 1.82) is 0 Å². The lowest BCUT2D eigenvalue weighted by atomic mass is 9.90. The number of allylic oxidation sites excluding steroid dienone is 1. The van der Waals surface area contributed by atoms with Crippen LogP contribution in [0.5, 0.6) is 0 Å². The lowest BCUT2D eigenvalue weighted by Crippen LogP contribution is -2.41. The minimum Gasteiger partial charge on any atom is -0.465 e. The van der Waals surface area contributed by atoms with Crippen LogP contribution < -0.4 is 4.90 Å². The number of fused-ring (bicyclic) bond motifs is 1. The summed E-state index contributed by atoms with van der Waals surface area (Å²) in [5.74, 6) is 1.91. The van der Waals surface area contributed by atoms with Gasteiger partial charge in [-0.05, 0) is 42.5 Å². The smallest absolute Gasteiger partial charge is 0.265 e. The highest BCUT2D eigenvalue weighted by atomic mass is 79.9. The molecule has 1 aromatic carbocycles. The Bertz CT molecular complexity index is 895. The largest absolute Gasteiger partial charge is 0.465 e. The maximum atomic E-state index is 12.7. The highest BCUT2D eigenvalue weighted by molar-refractivity contribution is 9.10. The molecule has 1 atom stereocenters. The van der Waals surface area contributed by atoms with Crippen LogP contribution in [-0.4, -0.2) is 23.3 Å². The van der Waals surface area contributed by atoms with Crippen LogP contribution in [0.2, 0.25) is 0 Å². The van der Waals surface area contributed by atoms with Crippen molar-refractivity contribution in [3.05, 3.63) is 58.5 Å². The van der Waals surface area contributed by atoms with Crippen LogP contribution in [0.15, 0.2) is 51.6 Å². The van der Waals surface area contributed by atoms with Crippen LogP contribution in [0.3, 0.4) is 0 Å². The molecule has 0 saturated heterocycles. The molecule has 126 valence electrons. The van der Waals surface area contributed by atoms with Crippen LogP contribution in [-0.2, 0) is 15.2 Å². The summed E-state index contributed by atoms with van der Waals surface area (Å²) in [5.41, 5.74) is -1.07. The zero-order valence-electron chi connectivity index (χ0n) is 13.1. The van der Waals surface area contributed by atoms with Gasteiger partial charge in [-0.3, -0.25) is 14.5 Å². The number of terminal acetylenes is 1. The van der Waals surface area contributed by atoms with Gasteiger partial charge in [0.1, 0.15) is 5.76 Å². The first-order valence-corrected chi connectivity index (χ1v) is 8.27. The van der Waals surface area contributed by atoms with Gasteiger partial charge in [0.25, 0.3) is 5.91 Å². The van der Waals surface area contributed by atoms with E-state index < -0.39 is 17.3 Å². The molecule has 1 N–H and O–H groups in total. The number of halogens is 1. The average Bonchev–Trinajstić information content (AvgIpc) is 3.16. The van der Waals surface area contributed by atoms with Gasteiger partial charge in [0, 0.05) is 10.0 Å². The van der Waals surface area contributed by atoms with Crippen molar-refractivity contribution in [1.82, 2.24) is 0 Å². The Hall–Kier alpha value is -2.62. The van der Waals surface area contributed by atoms with Crippen molar-refractivity contribution in [2.45, 2.75) is 12.0 Å². The normalized spacial score (nSPS) is 19.2. The molecule has 3 rings (SSSR count). The van der Waals surface area contributed by atoms with Crippen LogP contribution in [0.25, 0.3) is 6.08 Å². The van der Waals surface area contributed by atoms with Crippen LogP contribution in [0.1, 0.15) is 17.7 Å². The second-order valence-corrected chi connectivity index (χ2v) is 6.52. The molecule has 2 heterocycles. The number of benzene rings is 1. The number of amides is 1. The fourth-order valence-corrected chi connectivity index (χ4v) is 3.18. The van der Waals surface area contributed by atoms with E-state index in [1.54, 1.807) is 30.3 Å². The predicted molar refractivity (Wildman–Crippen MR) is 96.6 cm³/mol. The SMILES string of the molecule is C#CCN1C(=O)[C@](O)(CC(=O)/C=C\c2ccco2)c2cc(Br)ccc21. The van der Waals surface area contributed by atoms with E-state index in [0.29, 0.717) is 21.5 Å². The Balaban J connectivity index is 1.91. The molecule has 0 bridgehead atoms. The Morgan fingerprint density at radius 1 is 1.44 bits per heavy atom. The monoisotopic (exact) mass is 399 g/mol. The van der Waals surface area contributed by atoms with E-state index in [-0.39, 0.29) is 13.0 Å². The molecule has 1 aliphatic rings. The molecule has 1 aromatic heterocycles. The third kappa shape index (κ3) is 3.16. The zero-order valence-corrected chi connectivity index (χ0v) is 14.7. The number of anilines is 1. The molecule has 2 aromatic rings. The van der Waals surface area contributed by atoms with Crippen molar-refractivity contribution in [3.63, 3.8) is 0 Å². The number of aliphatic hydroxyl groups is 1. The van der Waals surface area contributed by atoms with Gasteiger partial charge in [0.2, 0.25) is 0 Å². The molecule has 0 fully saturated rings. The van der Waals surface area contributed by atoms with Gasteiger partial charge >= 0.3 is 0 Å². The number of hydrogen-bond acceptors (Lipinski definition) is 4. The van der Waals surface area contributed by atoms with Crippen LogP contribution in [0.4, 0.5) is 5.69 Å². The number of ketones is 1. The number of furan rings is 1. The molecule has 0 spiro atoms. The molecular formula is C19H14BrNO4.